The summed E-state index contributed by atoms with van der Waals surface area (Å²) in [5, 5.41) is 0. The van der Waals surface area contributed by atoms with Gasteiger partial charge in [-0.3, -0.25) is 4.79 Å². The van der Waals surface area contributed by atoms with Gasteiger partial charge in [0, 0.05) is 0 Å². The first-order chi connectivity index (χ1) is 9.56. The molecular formula is C16H16O4. The Kier molecular flexibility index (Phi) is 2.24. The topological polar surface area (TPSA) is 52.6 Å². The Morgan fingerprint density at radius 3 is 2.70 bits per heavy atom. The average Bonchev–Trinajstić information content (AvgIpc) is 2.73. The third-order valence-corrected chi connectivity index (χ3v) is 5.19. The molecule has 4 atom stereocenters. The molecule has 1 aliphatic heterocycles. The summed E-state index contributed by atoms with van der Waals surface area (Å²) in [6.07, 6.45) is 1.64. The summed E-state index contributed by atoms with van der Waals surface area (Å²) in [5.41, 5.74) is -0.670. The molecule has 0 aromatic heterocycles. The van der Waals surface area contributed by atoms with Crippen molar-refractivity contribution in [1.82, 2.24) is 0 Å². The summed E-state index contributed by atoms with van der Waals surface area (Å²) in [7, 11) is 0. The van der Waals surface area contributed by atoms with E-state index in [1.54, 1.807) is 24.3 Å². The maximum atomic E-state index is 12.5. The number of ketones is 1. The molecule has 1 saturated heterocycles. The Balaban J connectivity index is 1.51. The number of benzene rings is 1. The second-order valence-electron chi connectivity index (χ2n) is 6.29. The Morgan fingerprint density at radius 2 is 2.15 bits per heavy atom. The maximum Gasteiger partial charge on any atom is 0.338 e. The van der Waals surface area contributed by atoms with Gasteiger partial charge in [-0.1, -0.05) is 18.2 Å². The van der Waals surface area contributed by atoms with E-state index >= 15 is 0 Å². The molecular weight excluding hydrogens is 256 g/mol. The fraction of sp³-hybridized carbons (Fsp3) is 0.500. The molecule has 2 bridgehead atoms. The lowest BCUT2D eigenvalue weighted by atomic mass is 9.60. The average molecular weight is 272 g/mol. The molecule has 0 unspecified atom stereocenters. The van der Waals surface area contributed by atoms with Gasteiger partial charge in [0.2, 0.25) is 0 Å². The van der Waals surface area contributed by atoms with E-state index in [1.807, 2.05) is 13.0 Å². The summed E-state index contributed by atoms with van der Waals surface area (Å²) in [6, 6.07) is 8.87. The number of hydrogen-bond acceptors (Lipinski definition) is 4. The van der Waals surface area contributed by atoms with Crippen molar-refractivity contribution in [2.75, 3.05) is 6.61 Å². The lowest BCUT2D eigenvalue weighted by Crippen LogP contribution is -2.56. The van der Waals surface area contributed by atoms with Gasteiger partial charge in [-0.15, -0.1) is 0 Å². The van der Waals surface area contributed by atoms with E-state index in [-0.39, 0.29) is 24.5 Å². The number of rotatable bonds is 3. The van der Waals surface area contributed by atoms with Crippen LogP contribution in [0, 0.1) is 11.3 Å². The van der Waals surface area contributed by atoms with Crippen molar-refractivity contribution in [3.63, 3.8) is 0 Å². The van der Waals surface area contributed by atoms with Crippen molar-refractivity contribution in [3.8, 4) is 0 Å². The number of fused-ring (bicyclic) bond motifs is 1. The van der Waals surface area contributed by atoms with Crippen molar-refractivity contribution in [2.24, 2.45) is 11.3 Å². The molecule has 2 saturated carbocycles. The van der Waals surface area contributed by atoms with E-state index < -0.39 is 11.0 Å². The monoisotopic (exact) mass is 272 g/mol. The molecule has 1 heterocycles. The molecule has 0 radical (unpaired) electrons. The zero-order valence-electron chi connectivity index (χ0n) is 11.3. The summed E-state index contributed by atoms with van der Waals surface area (Å²) < 4.78 is 11.2. The minimum atomic E-state index is -0.632. The molecule has 20 heavy (non-hydrogen) atoms. The zero-order chi connectivity index (χ0) is 14.0. The molecule has 104 valence electrons. The Labute approximate surface area is 117 Å². The van der Waals surface area contributed by atoms with Gasteiger partial charge in [0.15, 0.2) is 5.78 Å². The normalized spacial score (nSPS) is 40.5. The van der Waals surface area contributed by atoms with Crippen LogP contribution in [0.2, 0.25) is 0 Å². The van der Waals surface area contributed by atoms with Gasteiger partial charge in [0.25, 0.3) is 0 Å². The maximum absolute atomic E-state index is 12.5. The van der Waals surface area contributed by atoms with Crippen LogP contribution in [0.4, 0.5) is 0 Å². The Hall–Kier alpha value is -1.68. The van der Waals surface area contributed by atoms with E-state index in [9.17, 15) is 9.59 Å². The Bertz CT molecular complexity index is 580. The molecule has 4 heteroatoms. The highest BCUT2D eigenvalue weighted by Gasteiger charge is 2.77. The number of hydrogen-bond donors (Lipinski definition) is 0. The van der Waals surface area contributed by atoms with Crippen LogP contribution in [-0.2, 0) is 14.3 Å². The highest BCUT2D eigenvalue weighted by Crippen LogP contribution is 2.67. The van der Waals surface area contributed by atoms with E-state index in [1.165, 1.54) is 0 Å². The second-order valence-corrected chi connectivity index (χ2v) is 6.29. The van der Waals surface area contributed by atoms with E-state index in [4.69, 9.17) is 9.47 Å². The third-order valence-electron chi connectivity index (χ3n) is 5.19. The first-order valence-corrected chi connectivity index (χ1v) is 7.01. The van der Waals surface area contributed by atoms with Gasteiger partial charge in [-0.2, -0.15) is 0 Å². The van der Waals surface area contributed by atoms with Crippen molar-refractivity contribution < 1.29 is 19.1 Å². The summed E-state index contributed by atoms with van der Waals surface area (Å²) in [4.78, 5) is 24.5. The predicted molar refractivity (Wildman–Crippen MR) is 70.2 cm³/mol. The fourth-order valence-corrected chi connectivity index (χ4v) is 4.12. The predicted octanol–water partition coefficient (Wildman–Crippen LogP) is 1.98. The molecule has 0 N–H and O–H groups in total. The van der Waals surface area contributed by atoms with Crippen LogP contribution >= 0.6 is 0 Å². The number of carbonyl (C=O) groups is 2. The highest BCUT2D eigenvalue weighted by atomic mass is 16.6. The van der Waals surface area contributed by atoms with E-state index in [0.717, 1.165) is 12.8 Å². The SMILES string of the molecule is C[C@]12C[C@@H]3C[C@H](O1)[C@]3(COC(=O)c1ccccc1)C2=O. The molecule has 4 rings (SSSR count). The van der Waals surface area contributed by atoms with Gasteiger partial charge in [0.1, 0.15) is 12.2 Å². The fourth-order valence-electron chi connectivity index (χ4n) is 4.12. The van der Waals surface area contributed by atoms with E-state index in [2.05, 4.69) is 0 Å². The summed E-state index contributed by atoms with van der Waals surface area (Å²) in [5.74, 6) is 0.0853. The molecule has 2 aliphatic carbocycles. The van der Waals surface area contributed by atoms with Crippen LogP contribution in [0.1, 0.15) is 30.1 Å². The smallest absolute Gasteiger partial charge is 0.338 e. The number of Topliss-reactive ketones (excluding diaryl/α,β-unsaturated/α-hetero) is 1. The standard InChI is InChI=1S/C16H16O4/c1-15-8-11-7-12(20-15)16(11,14(15)18)9-19-13(17)10-5-3-2-4-6-10/h2-6,11-12H,7-9H2,1H3/t11-,12-,15+,16+/m0/s1. The highest BCUT2D eigenvalue weighted by molar-refractivity contribution is 5.99. The molecule has 4 nitrogen and oxygen atoms in total. The molecule has 1 aromatic rings. The number of carbonyl (C=O) groups excluding carboxylic acids is 2. The molecule has 0 spiro atoms. The van der Waals surface area contributed by atoms with Crippen LogP contribution in [0.5, 0.6) is 0 Å². The van der Waals surface area contributed by atoms with Crippen LogP contribution in [0.25, 0.3) is 0 Å². The molecule has 1 aromatic carbocycles. The van der Waals surface area contributed by atoms with Crippen molar-refractivity contribution in [1.29, 1.82) is 0 Å². The lowest BCUT2D eigenvalue weighted by molar-refractivity contribution is -0.189. The third kappa shape index (κ3) is 1.30. The first kappa shape index (κ1) is 12.1. The zero-order valence-corrected chi connectivity index (χ0v) is 11.3. The largest absolute Gasteiger partial charge is 0.461 e. The van der Waals surface area contributed by atoms with Crippen LogP contribution in [0.15, 0.2) is 30.3 Å². The van der Waals surface area contributed by atoms with Crippen LogP contribution in [-0.4, -0.2) is 30.1 Å². The molecule has 3 aliphatic rings. The molecule has 0 amide bonds. The van der Waals surface area contributed by atoms with Gasteiger partial charge >= 0.3 is 5.97 Å². The summed E-state index contributed by atoms with van der Waals surface area (Å²) in [6.45, 7) is 2.02. The van der Waals surface area contributed by atoms with Crippen LogP contribution in [0.3, 0.4) is 0 Å². The van der Waals surface area contributed by atoms with E-state index in [0.29, 0.717) is 11.5 Å². The quantitative estimate of drug-likeness (QED) is 0.789. The Morgan fingerprint density at radius 1 is 1.40 bits per heavy atom. The number of ether oxygens (including phenoxy) is 2. The lowest BCUT2D eigenvalue weighted by Gasteiger charge is -2.50. The minimum Gasteiger partial charge on any atom is -0.461 e. The van der Waals surface area contributed by atoms with Crippen molar-refractivity contribution in [2.45, 2.75) is 31.5 Å². The molecule has 3 fully saturated rings. The van der Waals surface area contributed by atoms with Gasteiger partial charge in [-0.25, -0.2) is 4.79 Å². The minimum absolute atomic E-state index is 0.0534. The van der Waals surface area contributed by atoms with Crippen molar-refractivity contribution >= 4 is 11.8 Å². The summed E-state index contributed by atoms with van der Waals surface area (Å²) >= 11 is 0. The van der Waals surface area contributed by atoms with Gasteiger partial charge in [0.05, 0.1) is 17.1 Å². The number of esters is 1. The van der Waals surface area contributed by atoms with Crippen LogP contribution < -0.4 is 0 Å². The first-order valence-electron chi connectivity index (χ1n) is 7.01. The second kappa shape index (κ2) is 3.70. The van der Waals surface area contributed by atoms with Gasteiger partial charge < -0.3 is 9.47 Å². The van der Waals surface area contributed by atoms with Crippen molar-refractivity contribution in [3.05, 3.63) is 35.9 Å². The van der Waals surface area contributed by atoms with Gasteiger partial charge in [-0.05, 0) is 37.8 Å².